The Balaban J connectivity index is 1.55. The van der Waals surface area contributed by atoms with Gasteiger partial charge in [-0.2, -0.15) is 0 Å². The van der Waals surface area contributed by atoms with Crippen molar-refractivity contribution in [2.45, 2.75) is 72.1 Å². The van der Waals surface area contributed by atoms with Crippen LogP contribution in [0.4, 0.5) is 0 Å². The van der Waals surface area contributed by atoms with Gasteiger partial charge in [0.05, 0.1) is 26.9 Å². The summed E-state index contributed by atoms with van der Waals surface area (Å²) in [7, 11) is 0. The highest BCUT2D eigenvalue weighted by Gasteiger charge is 2.30. The molecule has 2 aromatic heterocycles. The second-order valence-corrected chi connectivity index (χ2v) is 13.6. The van der Waals surface area contributed by atoms with Gasteiger partial charge in [0.2, 0.25) is 0 Å². The fourth-order valence-corrected chi connectivity index (χ4v) is 7.27. The van der Waals surface area contributed by atoms with Crippen LogP contribution in [0.15, 0.2) is 48.5 Å². The van der Waals surface area contributed by atoms with Gasteiger partial charge in [-0.25, -0.2) is 9.97 Å². The van der Waals surface area contributed by atoms with Crippen molar-refractivity contribution in [2.75, 3.05) is 13.2 Å². The summed E-state index contributed by atoms with van der Waals surface area (Å²) in [4.78, 5) is 23.1. The van der Waals surface area contributed by atoms with Gasteiger partial charge in [-0.05, 0) is 102 Å². The molecule has 6 rings (SSSR count). The van der Waals surface area contributed by atoms with E-state index in [1.165, 1.54) is 0 Å². The maximum absolute atomic E-state index is 13.1. The Morgan fingerprint density at radius 1 is 1.02 bits per heavy atom. The summed E-state index contributed by atoms with van der Waals surface area (Å²) in [5.41, 5.74) is 7.36. The molecule has 3 aromatic carbocycles. The first-order chi connectivity index (χ1) is 20.0. The van der Waals surface area contributed by atoms with Gasteiger partial charge in [-0.1, -0.05) is 23.7 Å². The van der Waals surface area contributed by atoms with Crippen LogP contribution >= 0.6 is 22.9 Å². The molecule has 5 aromatic rings. The van der Waals surface area contributed by atoms with Crippen LogP contribution in [-0.4, -0.2) is 39.1 Å². The number of hydrogen-bond acceptors (Lipinski definition) is 6. The summed E-state index contributed by atoms with van der Waals surface area (Å²) in [6.45, 7) is 13.2. The number of halogens is 1. The van der Waals surface area contributed by atoms with Crippen LogP contribution in [-0.2, 0) is 14.3 Å². The highest BCUT2D eigenvalue weighted by molar-refractivity contribution is 7.22. The number of aryl methyl sites for hydroxylation is 2. The number of aromatic nitrogens is 3. The molecule has 1 fully saturated rings. The number of benzene rings is 3. The van der Waals surface area contributed by atoms with E-state index in [-0.39, 0.29) is 5.78 Å². The molecular formula is C34H36ClN3O3S. The highest BCUT2D eigenvalue weighted by atomic mass is 35.5. The summed E-state index contributed by atoms with van der Waals surface area (Å²) in [6, 6.07) is 16.7. The molecule has 8 heteroatoms. The van der Waals surface area contributed by atoms with Gasteiger partial charge < -0.3 is 14.0 Å². The molecule has 0 bridgehead atoms. The Morgan fingerprint density at radius 2 is 1.71 bits per heavy atom. The van der Waals surface area contributed by atoms with Crippen molar-refractivity contribution in [2.24, 2.45) is 0 Å². The molecular weight excluding hydrogens is 566 g/mol. The maximum atomic E-state index is 13.1. The summed E-state index contributed by atoms with van der Waals surface area (Å²) in [5, 5.41) is 1.58. The van der Waals surface area contributed by atoms with Gasteiger partial charge in [-0.3, -0.25) is 4.79 Å². The Hall–Kier alpha value is -3.10. The van der Waals surface area contributed by atoms with Crippen LogP contribution < -0.4 is 0 Å². The topological polar surface area (TPSA) is 66.2 Å². The number of thiazole rings is 1. The van der Waals surface area contributed by atoms with E-state index in [1.807, 2.05) is 52.0 Å². The molecule has 0 aliphatic carbocycles. The van der Waals surface area contributed by atoms with Gasteiger partial charge in [0.15, 0.2) is 5.78 Å². The van der Waals surface area contributed by atoms with E-state index in [4.69, 9.17) is 31.0 Å². The second-order valence-electron chi connectivity index (χ2n) is 12.2. The third kappa shape index (κ3) is 5.51. The van der Waals surface area contributed by atoms with Crippen LogP contribution in [0.2, 0.25) is 5.02 Å². The molecule has 0 amide bonds. The van der Waals surface area contributed by atoms with Crippen molar-refractivity contribution in [3.63, 3.8) is 0 Å². The second kappa shape index (κ2) is 11.2. The van der Waals surface area contributed by atoms with E-state index in [0.717, 1.165) is 86.0 Å². The minimum Gasteiger partial charge on any atom is -0.381 e. The number of ether oxygens (including phenoxy) is 2. The van der Waals surface area contributed by atoms with Crippen molar-refractivity contribution in [3.05, 3.63) is 70.5 Å². The molecule has 42 heavy (non-hydrogen) atoms. The number of nitrogens with zero attached hydrogens (tertiary/aromatic N) is 3. The number of Topliss-reactive ketones (excluding diaryl/α,β-unsaturated/α-hetero) is 1. The van der Waals surface area contributed by atoms with Crippen molar-refractivity contribution in [1.82, 2.24) is 14.5 Å². The number of carbonyl (C=O) groups excluding carboxylic acids is 1. The van der Waals surface area contributed by atoms with Crippen molar-refractivity contribution >= 4 is 50.0 Å². The van der Waals surface area contributed by atoms with E-state index in [1.54, 1.807) is 18.3 Å². The zero-order chi connectivity index (χ0) is 29.8. The lowest BCUT2D eigenvalue weighted by atomic mass is 9.90. The monoisotopic (exact) mass is 601 g/mol. The van der Waals surface area contributed by atoms with Gasteiger partial charge in [0.25, 0.3) is 0 Å². The molecule has 6 nitrogen and oxygen atoms in total. The molecule has 218 valence electrons. The lowest BCUT2D eigenvalue weighted by Gasteiger charge is -2.29. The van der Waals surface area contributed by atoms with Gasteiger partial charge in [0.1, 0.15) is 16.9 Å². The molecule has 1 aliphatic rings. The minimum atomic E-state index is -0.709. The summed E-state index contributed by atoms with van der Waals surface area (Å²) in [6.07, 6.45) is 1.26. The van der Waals surface area contributed by atoms with Crippen molar-refractivity contribution in [1.29, 1.82) is 0 Å². The fourth-order valence-electron chi connectivity index (χ4n) is 6.03. The van der Waals surface area contributed by atoms with E-state index in [2.05, 4.69) is 35.8 Å². The standard InChI is InChI=1S/C34H36ClN3O3S/c1-19-17-27-32(30(22-7-10-24(35)11-8-22)29(19)31(20(2)39)41-34(4,5)6)42-33(37-27)23-9-12-26-28(18-23)38(21(3)36-26)25-13-15-40-16-14-25/h7-12,17-18,25,31H,13-16H2,1-6H3/t31-/m1/s1. The average molecular weight is 602 g/mol. The van der Waals surface area contributed by atoms with Crippen molar-refractivity contribution in [3.8, 4) is 21.7 Å². The zero-order valence-corrected chi connectivity index (χ0v) is 26.5. The predicted octanol–water partition coefficient (Wildman–Crippen LogP) is 9.05. The number of rotatable bonds is 6. The van der Waals surface area contributed by atoms with Crippen LogP contribution in [0, 0.1) is 13.8 Å². The summed E-state index contributed by atoms with van der Waals surface area (Å²) >= 11 is 7.93. The average Bonchev–Trinajstić information content (AvgIpc) is 3.51. The largest absolute Gasteiger partial charge is 0.381 e. The number of carbonyl (C=O) groups is 1. The molecule has 0 spiro atoms. The molecule has 1 atom stereocenters. The molecule has 0 N–H and O–H groups in total. The van der Waals surface area contributed by atoms with E-state index >= 15 is 0 Å². The molecule has 0 radical (unpaired) electrons. The third-order valence-electron chi connectivity index (χ3n) is 7.83. The molecule has 0 saturated carbocycles. The zero-order valence-electron chi connectivity index (χ0n) is 25.0. The van der Waals surface area contributed by atoms with Crippen LogP contribution in [0.5, 0.6) is 0 Å². The van der Waals surface area contributed by atoms with E-state index in [0.29, 0.717) is 11.1 Å². The molecule has 0 unspecified atom stereocenters. The fraction of sp³-hybridized carbons (Fsp3) is 0.382. The van der Waals surface area contributed by atoms with Crippen LogP contribution in [0.1, 0.15) is 69.6 Å². The lowest BCUT2D eigenvalue weighted by molar-refractivity contribution is -0.138. The Bertz CT molecular complexity index is 1790. The predicted molar refractivity (Wildman–Crippen MR) is 172 cm³/mol. The lowest BCUT2D eigenvalue weighted by Crippen LogP contribution is -2.27. The number of hydrogen-bond donors (Lipinski definition) is 0. The van der Waals surface area contributed by atoms with Gasteiger partial charge in [-0.15, -0.1) is 11.3 Å². The number of fused-ring (bicyclic) bond motifs is 2. The smallest absolute Gasteiger partial charge is 0.163 e. The summed E-state index contributed by atoms with van der Waals surface area (Å²) < 4.78 is 15.4. The highest BCUT2D eigenvalue weighted by Crippen LogP contribution is 2.45. The SMILES string of the molecule is CC(=O)[C@@H](OC(C)(C)C)c1c(C)cc2nc(-c3ccc4nc(C)n(C5CCOCC5)c4c3)sc2c1-c1ccc(Cl)cc1. The maximum Gasteiger partial charge on any atom is 0.163 e. The minimum absolute atomic E-state index is 0.0328. The van der Waals surface area contributed by atoms with Gasteiger partial charge in [0, 0.05) is 41.0 Å². The number of ketones is 1. The molecule has 1 aliphatic heterocycles. The summed E-state index contributed by atoms with van der Waals surface area (Å²) in [5.74, 6) is 0.993. The van der Waals surface area contributed by atoms with Crippen molar-refractivity contribution < 1.29 is 14.3 Å². The van der Waals surface area contributed by atoms with Crippen LogP contribution in [0.25, 0.3) is 42.9 Å². The van der Waals surface area contributed by atoms with E-state index < -0.39 is 11.7 Å². The Kier molecular flexibility index (Phi) is 7.73. The van der Waals surface area contributed by atoms with E-state index in [9.17, 15) is 4.79 Å². The normalized spacial score (nSPS) is 15.5. The first kappa shape index (κ1) is 29.0. The third-order valence-corrected chi connectivity index (χ3v) is 9.22. The molecule has 1 saturated heterocycles. The Labute approximate surface area is 255 Å². The Morgan fingerprint density at radius 3 is 2.38 bits per heavy atom. The first-order valence-electron chi connectivity index (χ1n) is 14.4. The molecule has 3 heterocycles. The van der Waals surface area contributed by atoms with Crippen LogP contribution in [0.3, 0.4) is 0 Å². The quantitative estimate of drug-likeness (QED) is 0.194. The van der Waals surface area contributed by atoms with Gasteiger partial charge >= 0.3 is 0 Å². The first-order valence-corrected chi connectivity index (χ1v) is 15.6. The number of imidazole rings is 1.